The Bertz CT molecular complexity index is 1990. The topological polar surface area (TPSA) is 75.1 Å². The van der Waals surface area contributed by atoms with Gasteiger partial charge in [-0.2, -0.15) is 10.2 Å². The summed E-state index contributed by atoms with van der Waals surface area (Å²) in [5, 5.41) is 12.0. The van der Waals surface area contributed by atoms with Gasteiger partial charge in [0.2, 0.25) is 0 Å². The highest BCUT2D eigenvalue weighted by Crippen LogP contribution is 2.31. The predicted octanol–water partition coefficient (Wildman–Crippen LogP) is 7.25. The SMILES string of the molecule is CCn1cc2cc(-c3ccc(C4CC(c5c(Cc6ccccc6)c6cc(Cl)ccc6[nH]c5=O)=NN4)cc3)ccc2n1. The number of nitrogens with one attached hydrogen (secondary N) is 2. The third-order valence-electron chi connectivity index (χ3n) is 7.87. The minimum absolute atomic E-state index is 0.0247. The van der Waals surface area contributed by atoms with Crippen LogP contribution in [0, 0.1) is 0 Å². The molecular formula is C34H28ClN5O. The molecule has 1 unspecified atom stereocenters. The highest BCUT2D eigenvalue weighted by molar-refractivity contribution is 6.31. The zero-order chi connectivity index (χ0) is 27.9. The van der Waals surface area contributed by atoms with Gasteiger partial charge in [0.1, 0.15) is 0 Å². The third kappa shape index (κ3) is 4.81. The van der Waals surface area contributed by atoms with E-state index < -0.39 is 0 Å². The fourth-order valence-electron chi connectivity index (χ4n) is 5.74. The number of rotatable bonds is 6. The fraction of sp³-hybridized carbons (Fsp3) is 0.147. The standard InChI is InChI=1S/C34H28ClN5O/c1-2-40-20-25-17-24(12-14-29(25)39-40)22-8-10-23(11-9-22)31-19-32(38-37-31)33-28(16-21-6-4-3-5-7-21)27-18-26(35)13-15-30(27)36-34(33)41/h3-15,17-18,20,31,37H,2,16,19H2,1H3,(H,36,41). The lowest BCUT2D eigenvalue weighted by atomic mass is 9.91. The van der Waals surface area contributed by atoms with Crippen LogP contribution in [0.2, 0.25) is 5.02 Å². The molecule has 202 valence electrons. The number of nitrogens with zero attached hydrogens (tertiary/aromatic N) is 3. The molecule has 6 nitrogen and oxygen atoms in total. The van der Waals surface area contributed by atoms with Gasteiger partial charge in [-0.25, -0.2) is 0 Å². The number of halogens is 1. The van der Waals surface area contributed by atoms with E-state index in [-0.39, 0.29) is 11.6 Å². The van der Waals surface area contributed by atoms with Crippen LogP contribution in [0.15, 0.2) is 107 Å². The predicted molar refractivity (Wildman–Crippen MR) is 167 cm³/mol. The average molecular weight is 558 g/mol. The van der Waals surface area contributed by atoms with Gasteiger partial charge >= 0.3 is 0 Å². The molecule has 0 saturated carbocycles. The van der Waals surface area contributed by atoms with Crippen LogP contribution in [-0.2, 0) is 13.0 Å². The highest BCUT2D eigenvalue weighted by atomic mass is 35.5. The Balaban J connectivity index is 1.19. The molecule has 1 aliphatic heterocycles. The minimum atomic E-state index is -0.135. The van der Waals surface area contributed by atoms with Gasteiger partial charge in [-0.1, -0.05) is 72.3 Å². The minimum Gasteiger partial charge on any atom is -0.321 e. The third-order valence-corrected chi connectivity index (χ3v) is 8.11. The average Bonchev–Trinajstić information content (AvgIpc) is 3.65. The Morgan fingerprint density at radius 2 is 1.76 bits per heavy atom. The maximum Gasteiger partial charge on any atom is 0.257 e. The first-order chi connectivity index (χ1) is 20.1. The Morgan fingerprint density at radius 1 is 0.951 bits per heavy atom. The van der Waals surface area contributed by atoms with E-state index >= 15 is 0 Å². The van der Waals surface area contributed by atoms with Crippen LogP contribution in [-0.4, -0.2) is 20.5 Å². The number of pyridine rings is 1. The summed E-state index contributed by atoms with van der Waals surface area (Å²) in [5.41, 5.74) is 11.8. The van der Waals surface area contributed by atoms with Gasteiger partial charge in [-0.3, -0.25) is 9.48 Å². The molecule has 41 heavy (non-hydrogen) atoms. The van der Waals surface area contributed by atoms with Crippen LogP contribution < -0.4 is 11.0 Å². The van der Waals surface area contributed by atoms with Crippen molar-refractivity contribution in [2.24, 2.45) is 5.10 Å². The molecule has 0 aliphatic carbocycles. The molecule has 1 atom stereocenters. The summed E-state index contributed by atoms with van der Waals surface area (Å²) in [4.78, 5) is 16.5. The van der Waals surface area contributed by atoms with Crippen molar-refractivity contribution in [2.75, 3.05) is 0 Å². The number of H-pyrrole nitrogens is 1. The molecule has 7 rings (SSSR count). The number of benzene rings is 4. The summed E-state index contributed by atoms with van der Waals surface area (Å²) in [7, 11) is 0. The van der Waals surface area contributed by atoms with Gasteiger partial charge in [0, 0.05) is 40.5 Å². The highest BCUT2D eigenvalue weighted by Gasteiger charge is 2.26. The van der Waals surface area contributed by atoms with Gasteiger partial charge in [0.05, 0.1) is 22.8 Å². The number of aromatic amines is 1. The smallest absolute Gasteiger partial charge is 0.257 e. The van der Waals surface area contributed by atoms with Crippen LogP contribution in [0.3, 0.4) is 0 Å². The number of hydrogen-bond acceptors (Lipinski definition) is 4. The van der Waals surface area contributed by atoms with Gasteiger partial charge in [0.25, 0.3) is 5.56 Å². The lowest BCUT2D eigenvalue weighted by Gasteiger charge is -2.14. The summed E-state index contributed by atoms with van der Waals surface area (Å²) in [6.07, 6.45) is 3.30. The largest absolute Gasteiger partial charge is 0.321 e. The van der Waals surface area contributed by atoms with Crippen molar-refractivity contribution in [2.45, 2.75) is 32.4 Å². The van der Waals surface area contributed by atoms with Crippen LogP contribution in [0.4, 0.5) is 0 Å². The zero-order valence-corrected chi connectivity index (χ0v) is 23.3. The first-order valence-electron chi connectivity index (χ1n) is 13.8. The van der Waals surface area contributed by atoms with Gasteiger partial charge in [-0.15, -0.1) is 0 Å². The summed E-state index contributed by atoms with van der Waals surface area (Å²) in [6.45, 7) is 2.94. The van der Waals surface area contributed by atoms with Crippen molar-refractivity contribution in [1.82, 2.24) is 20.2 Å². The summed E-state index contributed by atoms with van der Waals surface area (Å²) >= 11 is 6.40. The van der Waals surface area contributed by atoms with Crippen molar-refractivity contribution < 1.29 is 0 Å². The second kappa shape index (κ2) is 10.4. The van der Waals surface area contributed by atoms with Crippen molar-refractivity contribution in [3.05, 3.63) is 135 Å². The quantitative estimate of drug-likeness (QED) is 0.226. The van der Waals surface area contributed by atoms with E-state index in [4.69, 9.17) is 11.6 Å². The Labute approximate surface area is 242 Å². The lowest BCUT2D eigenvalue weighted by molar-refractivity contribution is 0.620. The molecule has 7 heteroatoms. The molecule has 0 saturated heterocycles. The molecule has 6 aromatic rings. The van der Waals surface area contributed by atoms with E-state index in [2.05, 4.69) is 88.3 Å². The molecule has 0 amide bonds. The number of fused-ring (bicyclic) bond motifs is 2. The van der Waals surface area contributed by atoms with E-state index in [0.29, 0.717) is 23.4 Å². The normalized spacial score (nSPS) is 14.9. The molecule has 0 fully saturated rings. The summed E-state index contributed by atoms with van der Waals surface area (Å²) < 4.78 is 1.96. The van der Waals surface area contributed by atoms with Gasteiger partial charge in [0.15, 0.2) is 0 Å². The summed E-state index contributed by atoms with van der Waals surface area (Å²) in [5.74, 6) is 0. The zero-order valence-electron chi connectivity index (χ0n) is 22.6. The van der Waals surface area contributed by atoms with Crippen LogP contribution >= 0.6 is 11.6 Å². The van der Waals surface area contributed by atoms with Crippen LogP contribution in [0.1, 0.15) is 41.6 Å². The molecule has 4 aromatic carbocycles. The number of hydrogen-bond donors (Lipinski definition) is 2. The van der Waals surface area contributed by atoms with E-state index in [1.165, 1.54) is 0 Å². The van der Waals surface area contributed by atoms with E-state index in [9.17, 15) is 4.79 Å². The van der Waals surface area contributed by atoms with Crippen LogP contribution in [0.25, 0.3) is 32.9 Å². The molecule has 0 bridgehead atoms. The van der Waals surface area contributed by atoms with Crippen molar-refractivity contribution in [3.8, 4) is 11.1 Å². The molecule has 0 radical (unpaired) electrons. The summed E-state index contributed by atoms with van der Waals surface area (Å²) in [6, 6.07) is 30.7. The van der Waals surface area contributed by atoms with E-state index in [1.807, 2.05) is 35.0 Å². The second-order valence-corrected chi connectivity index (χ2v) is 10.9. The lowest BCUT2D eigenvalue weighted by Crippen LogP contribution is -2.21. The first-order valence-corrected chi connectivity index (χ1v) is 14.2. The second-order valence-electron chi connectivity index (χ2n) is 10.5. The van der Waals surface area contributed by atoms with Crippen molar-refractivity contribution in [1.29, 1.82) is 0 Å². The fourth-order valence-corrected chi connectivity index (χ4v) is 5.91. The van der Waals surface area contributed by atoms with Crippen LogP contribution in [0.5, 0.6) is 0 Å². The maximum absolute atomic E-state index is 13.5. The Kier molecular flexibility index (Phi) is 6.40. The molecule has 0 spiro atoms. The number of hydrazone groups is 1. The maximum atomic E-state index is 13.5. The molecule has 2 N–H and O–H groups in total. The number of aromatic nitrogens is 3. The molecule has 2 aromatic heterocycles. The van der Waals surface area contributed by atoms with E-state index in [0.717, 1.165) is 61.9 Å². The Morgan fingerprint density at radius 3 is 2.56 bits per heavy atom. The Hall–Kier alpha value is -4.68. The van der Waals surface area contributed by atoms with Gasteiger partial charge in [-0.05, 0) is 71.5 Å². The molecular weight excluding hydrogens is 530 g/mol. The number of aryl methyl sites for hydroxylation is 1. The molecule has 1 aliphatic rings. The van der Waals surface area contributed by atoms with E-state index in [1.54, 1.807) is 6.07 Å². The first kappa shape index (κ1) is 25.3. The van der Waals surface area contributed by atoms with Crippen molar-refractivity contribution in [3.63, 3.8) is 0 Å². The van der Waals surface area contributed by atoms with Gasteiger partial charge < -0.3 is 10.4 Å². The monoisotopic (exact) mass is 557 g/mol. The molecule has 3 heterocycles. The van der Waals surface area contributed by atoms with Crippen molar-refractivity contribution >= 4 is 39.1 Å².